The molecule has 55 heavy (non-hydrogen) atoms. The van der Waals surface area contributed by atoms with Gasteiger partial charge in [-0.05, 0) is 33.4 Å². The third kappa shape index (κ3) is 9.28. The Balaban J connectivity index is 1.24. The lowest BCUT2D eigenvalue weighted by atomic mass is 9.80. The second kappa shape index (κ2) is 19.0. The summed E-state index contributed by atoms with van der Waals surface area (Å²) in [6, 6.07) is 59.3. The third-order valence-electron chi connectivity index (χ3n) is 9.98. The smallest absolute Gasteiger partial charge is 0.186 e. The van der Waals surface area contributed by atoms with Crippen LogP contribution in [0.15, 0.2) is 182 Å². The summed E-state index contributed by atoms with van der Waals surface area (Å²) in [4.78, 5) is 0. The molecule has 0 spiro atoms. The molecule has 6 nitrogen and oxygen atoms in total. The van der Waals surface area contributed by atoms with Crippen LogP contribution in [0.25, 0.3) is 0 Å². The molecule has 0 radical (unpaired) electrons. The second-order valence-electron chi connectivity index (χ2n) is 13.6. The number of halogens is 1. The van der Waals surface area contributed by atoms with Crippen molar-refractivity contribution in [2.45, 2.75) is 62.3 Å². The summed E-state index contributed by atoms with van der Waals surface area (Å²) in [5.41, 5.74) is 4.34. The van der Waals surface area contributed by atoms with Crippen molar-refractivity contribution >= 4 is 0 Å². The van der Waals surface area contributed by atoms with E-state index in [2.05, 4.69) is 0 Å². The topological polar surface area (TPSA) is 55.4 Å². The molecule has 0 unspecified atom stereocenters. The van der Waals surface area contributed by atoms with Crippen molar-refractivity contribution in [1.82, 2.24) is 0 Å². The summed E-state index contributed by atoms with van der Waals surface area (Å²) in [5.74, 6) is 0. The van der Waals surface area contributed by atoms with Crippen molar-refractivity contribution in [2.24, 2.45) is 0 Å². The molecule has 0 bridgehead atoms. The molecule has 1 aliphatic heterocycles. The van der Waals surface area contributed by atoms with Gasteiger partial charge in [0.1, 0.15) is 30.0 Å². The molecular formula is C48H47FO6. The van der Waals surface area contributed by atoms with E-state index in [0.717, 1.165) is 33.4 Å². The first-order valence-electron chi connectivity index (χ1n) is 18.7. The Morgan fingerprint density at radius 2 is 0.836 bits per heavy atom. The fourth-order valence-corrected chi connectivity index (χ4v) is 7.24. The molecule has 6 atom stereocenters. The van der Waals surface area contributed by atoms with Crippen LogP contribution >= 0.6 is 0 Å². The highest BCUT2D eigenvalue weighted by Gasteiger charge is 2.52. The van der Waals surface area contributed by atoms with Gasteiger partial charge in [0.25, 0.3) is 0 Å². The normalized spacial score (nSPS) is 20.5. The third-order valence-corrected chi connectivity index (χ3v) is 9.98. The van der Waals surface area contributed by atoms with Crippen LogP contribution in [0.1, 0.15) is 33.4 Å². The van der Waals surface area contributed by atoms with Gasteiger partial charge in [0.2, 0.25) is 0 Å². The van der Waals surface area contributed by atoms with Crippen molar-refractivity contribution < 1.29 is 32.8 Å². The monoisotopic (exact) mass is 738 g/mol. The minimum Gasteiger partial charge on any atom is -0.368 e. The van der Waals surface area contributed by atoms with Gasteiger partial charge in [-0.3, -0.25) is 0 Å². The van der Waals surface area contributed by atoms with E-state index < -0.39 is 42.5 Å². The summed E-state index contributed by atoms with van der Waals surface area (Å²) in [5, 5.41) is 0. The van der Waals surface area contributed by atoms with Gasteiger partial charge in [-0.2, -0.15) is 0 Å². The fourth-order valence-electron chi connectivity index (χ4n) is 7.24. The Labute approximate surface area is 323 Å². The Morgan fingerprint density at radius 3 is 1.22 bits per heavy atom. The minimum atomic E-state index is -1.67. The SMILES string of the molecule is CO[C@H]1O[C@H]([C@@H](F)COC(c2ccccc2)(c2ccccc2)c2ccccc2)[C@@H](OCc2ccccc2)[C@H](OCc2ccccc2)[C@@H]1OCc1ccccc1. The van der Waals surface area contributed by atoms with Crippen molar-refractivity contribution in [3.8, 4) is 0 Å². The van der Waals surface area contributed by atoms with Gasteiger partial charge >= 0.3 is 0 Å². The molecule has 6 aromatic carbocycles. The van der Waals surface area contributed by atoms with Gasteiger partial charge in [-0.15, -0.1) is 0 Å². The molecular weight excluding hydrogens is 692 g/mol. The van der Waals surface area contributed by atoms with E-state index in [-0.39, 0.29) is 26.4 Å². The molecule has 7 rings (SSSR count). The summed E-state index contributed by atoms with van der Waals surface area (Å²) in [7, 11) is 1.54. The van der Waals surface area contributed by atoms with Crippen molar-refractivity contribution in [1.29, 1.82) is 0 Å². The standard InChI is InChI=1S/C48H47FO6/c1-50-47-46(53-34-38-24-12-4-13-25-38)45(52-33-37-22-10-3-11-23-37)44(51-32-36-20-8-2-9-21-36)43(55-47)42(49)35-54-48(39-26-14-5-15-27-39,40-28-16-6-17-29-40)41-30-18-7-19-31-41/h2-31,42-47H,32-35H2,1H3/t42-,43+,44+,45-,46-,47-/m0/s1. The van der Waals surface area contributed by atoms with Gasteiger partial charge < -0.3 is 28.4 Å². The van der Waals surface area contributed by atoms with Crippen LogP contribution in [0.4, 0.5) is 4.39 Å². The number of hydrogen-bond acceptors (Lipinski definition) is 6. The van der Waals surface area contributed by atoms with E-state index in [1.54, 1.807) is 0 Å². The highest BCUT2D eigenvalue weighted by molar-refractivity contribution is 5.47. The van der Waals surface area contributed by atoms with Crippen LogP contribution in [0.5, 0.6) is 0 Å². The van der Waals surface area contributed by atoms with Crippen LogP contribution < -0.4 is 0 Å². The highest BCUT2D eigenvalue weighted by atomic mass is 19.1. The first kappa shape index (κ1) is 38.3. The molecule has 1 heterocycles. The maximum absolute atomic E-state index is 17.5. The lowest BCUT2D eigenvalue weighted by Crippen LogP contribution is -2.63. The van der Waals surface area contributed by atoms with E-state index in [9.17, 15) is 0 Å². The molecule has 1 aliphatic rings. The molecule has 0 aliphatic carbocycles. The molecule has 6 aromatic rings. The predicted octanol–water partition coefficient (Wildman–Crippen LogP) is 9.46. The maximum atomic E-state index is 17.5. The number of hydrogen-bond donors (Lipinski definition) is 0. The van der Waals surface area contributed by atoms with Gasteiger partial charge in [-0.25, -0.2) is 4.39 Å². The molecule has 1 fully saturated rings. The fraction of sp³-hybridized carbons (Fsp3) is 0.250. The maximum Gasteiger partial charge on any atom is 0.186 e. The zero-order valence-electron chi connectivity index (χ0n) is 30.9. The second-order valence-corrected chi connectivity index (χ2v) is 13.6. The Bertz CT molecular complexity index is 1870. The first-order valence-corrected chi connectivity index (χ1v) is 18.7. The molecule has 1 saturated heterocycles. The average molecular weight is 739 g/mol. The lowest BCUT2D eigenvalue weighted by Gasteiger charge is -2.46. The van der Waals surface area contributed by atoms with Gasteiger partial charge in [0, 0.05) is 7.11 Å². The lowest BCUT2D eigenvalue weighted by molar-refractivity contribution is -0.327. The zero-order chi connectivity index (χ0) is 37.7. The van der Waals surface area contributed by atoms with E-state index in [0.29, 0.717) is 0 Å². The predicted molar refractivity (Wildman–Crippen MR) is 211 cm³/mol. The quantitative estimate of drug-likeness (QED) is 0.0870. The van der Waals surface area contributed by atoms with Crippen molar-refractivity contribution in [3.05, 3.63) is 215 Å². The van der Waals surface area contributed by atoms with Crippen molar-refractivity contribution in [2.75, 3.05) is 13.7 Å². The van der Waals surface area contributed by atoms with Crippen LogP contribution in [0.2, 0.25) is 0 Å². The van der Waals surface area contributed by atoms with Gasteiger partial charge in [0.05, 0.1) is 26.4 Å². The summed E-state index contributed by atoms with van der Waals surface area (Å²) < 4.78 is 56.9. The molecule has 0 amide bonds. The number of benzene rings is 6. The van der Waals surface area contributed by atoms with E-state index in [1.807, 2.05) is 182 Å². The van der Waals surface area contributed by atoms with E-state index in [1.165, 1.54) is 7.11 Å². The van der Waals surface area contributed by atoms with Gasteiger partial charge in [-0.1, -0.05) is 182 Å². The van der Waals surface area contributed by atoms with Crippen molar-refractivity contribution in [3.63, 3.8) is 0 Å². The first-order chi connectivity index (χ1) is 27.2. The van der Waals surface area contributed by atoms with E-state index >= 15 is 4.39 Å². The summed E-state index contributed by atoms with van der Waals surface area (Å²) in [6.07, 6.45) is -6.23. The Morgan fingerprint density at radius 1 is 0.491 bits per heavy atom. The number of methoxy groups -OCH3 is 1. The summed E-state index contributed by atoms with van der Waals surface area (Å²) >= 11 is 0. The highest BCUT2D eigenvalue weighted by Crippen LogP contribution is 2.41. The zero-order valence-corrected chi connectivity index (χ0v) is 30.9. The molecule has 282 valence electrons. The number of ether oxygens (including phenoxy) is 6. The Kier molecular flexibility index (Phi) is 13.3. The van der Waals surface area contributed by atoms with Crippen LogP contribution in [-0.2, 0) is 53.8 Å². The van der Waals surface area contributed by atoms with Crippen LogP contribution in [0.3, 0.4) is 0 Å². The summed E-state index contributed by atoms with van der Waals surface area (Å²) in [6.45, 7) is 0.394. The largest absolute Gasteiger partial charge is 0.368 e. The van der Waals surface area contributed by atoms with Crippen LogP contribution in [0, 0.1) is 0 Å². The minimum absolute atomic E-state index is 0.204. The molecule has 0 aromatic heterocycles. The van der Waals surface area contributed by atoms with Gasteiger partial charge in [0.15, 0.2) is 12.5 Å². The van der Waals surface area contributed by atoms with Crippen LogP contribution in [-0.4, -0.2) is 50.6 Å². The molecule has 0 saturated carbocycles. The number of alkyl halides is 1. The Hall–Kier alpha value is -4.99. The molecule has 0 N–H and O–H groups in total. The van der Waals surface area contributed by atoms with E-state index in [4.69, 9.17) is 28.4 Å². The average Bonchev–Trinajstić information content (AvgIpc) is 3.26. The number of rotatable bonds is 17. The molecule has 7 heteroatoms.